The molecule has 112 valence electrons. The van der Waals surface area contributed by atoms with Crippen LogP contribution >= 0.6 is 0 Å². The molecule has 2 heterocycles. The summed E-state index contributed by atoms with van der Waals surface area (Å²) in [6, 6.07) is 8.80. The predicted molar refractivity (Wildman–Crippen MR) is 80.9 cm³/mol. The fourth-order valence-corrected chi connectivity index (χ4v) is 2.10. The lowest BCUT2D eigenvalue weighted by atomic mass is 10.1. The van der Waals surface area contributed by atoms with Crippen LogP contribution in [-0.2, 0) is 4.79 Å². The summed E-state index contributed by atoms with van der Waals surface area (Å²) in [4.78, 5) is 16.3. The van der Waals surface area contributed by atoms with Crippen molar-refractivity contribution >= 4 is 17.8 Å². The highest BCUT2D eigenvalue weighted by Gasteiger charge is 2.23. The molecule has 6 nitrogen and oxygen atoms in total. The van der Waals surface area contributed by atoms with Gasteiger partial charge in [0.05, 0.1) is 20.5 Å². The second-order valence-electron chi connectivity index (χ2n) is 4.53. The number of amides is 1. The lowest BCUT2D eigenvalue weighted by Gasteiger charge is -2.07. The van der Waals surface area contributed by atoms with Crippen LogP contribution in [0.5, 0.6) is 11.5 Å². The molecule has 0 atom stereocenters. The van der Waals surface area contributed by atoms with Gasteiger partial charge in [-0.3, -0.25) is 4.79 Å². The van der Waals surface area contributed by atoms with Crippen LogP contribution in [-0.4, -0.2) is 26.0 Å². The SMILES string of the molecule is COc1ccc(OC)c(/C=C2\N=C(c3ccco3)NC2=O)c1. The topological polar surface area (TPSA) is 73.1 Å². The number of benzene rings is 1. The van der Waals surface area contributed by atoms with E-state index in [1.165, 1.54) is 6.26 Å². The number of carbonyl (C=O) groups excluding carboxylic acids is 1. The lowest BCUT2D eigenvalue weighted by Crippen LogP contribution is -2.24. The fraction of sp³-hybridized carbons (Fsp3) is 0.125. The van der Waals surface area contributed by atoms with Gasteiger partial charge in [-0.15, -0.1) is 0 Å². The van der Waals surface area contributed by atoms with Gasteiger partial charge in [0.2, 0.25) is 0 Å². The maximum absolute atomic E-state index is 12.0. The smallest absolute Gasteiger partial charge is 0.275 e. The maximum atomic E-state index is 12.0. The Balaban J connectivity index is 1.99. The number of nitrogens with one attached hydrogen (secondary N) is 1. The third-order valence-electron chi connectivity index (χ3n) is 3.18. The minimum absolute atomic E-state index is 0.276. The Hall–Kier alpha value is -3.02. The largest absolute Gasteiger partial charge is 0.497 e. The second-order valence-corrected chi connectivity index (χ2v) is 4.53. The molecule has 0 spiro atoms. The molecule has 2 aromatic rings. The summed E-state index contributed by atoms with van der Waals surface area (Å²) >= 11 is 0. The molecule has 0 saturated heterocycles. The van der Waals surface area contributed by atoms with E-state index in [1.54, 1.807) is 50.6 Å². The molecular weight excluding hydrogens is 284 g/mol. The summed E-state index contributed by atoms with van der Waals surface area (Å²) in [7, 11) is 3.14. The van der Waals surface area contributed by atoms with Crippen LogP contribution in [0.3, 0.4) is 0 Å². The van der Waals surface area contributed by atoms with E-state index in [2.05, 4.69) is 10.3 Å². The first-order valence-corrected chi connectivity index (χ1v) is 6.59. The summed E-state index contributed by atoms with van der Waals surface area (Å²) in [6.07, 6.45) is 3.17. The molecule has 1 aromatic carbocycles. The summed E-state index contributed by atoms with van der Waals surface area (Å²) in [5.41, 5.74) is 0.981. The number of methoxy groups -OCH3 is 2. The molecule has 1 aliphatic rings. The van der Waals surface area contributed by atoms with Crippen LogP contribution in [0, 0.1) is 0 Å². The molecule has 1 aliphatic heterocycles. The van der Waals surface area contributed by atoms with Crippen LogP contribution in [0.2, 0.25) is 0 Å². The van der Waals surface area contributed by atoms with Crippen LogP contribution in [0.4, 0.5) is 0 Å². The van der Waals surface area contributed by atoms with E-state index in [1.807, 2.05) is 0 Å². The molecule has 1 aromatic heterocycles. The van der Waals surface area contributed by atoms with E-state index in [0.29, 0.717) is 28.7 Å². The zero-order valence-corrected chi connectivity index (χ0v) is 12.1. The van der Waals surface area contributed by atoms with E-state index in [9.17, 15) is 4.79 Å². The van der Waals surface area contributed by atoms with Crippen molar-refractivity contribution in [1.29, 1.82) is 0 Å². The van der Waals surface area contributed by atoms with Crippen molar-refractivity contribution in [1.82, 2.24) is 5.32 Å². The Morgan fingerprint density at radius 1 is 1.23 bits per heavy atom. The minimum atomic E-state index is -0.295. The van der Waals surface area contributed by atoms with Crippen LogP contribution in [0.15, 0.2) is 51.7 Å². The quantitative estimate of drug-likeness (QED) is 0.878. The molecule has 0 radical (unpaired) electrons. The van der Waals surface area contributed by atoms with E-state index in [-0.39, 0.29) is 11.6 Å². The molecule has 0 bridgehead atoms. The number of hydrogen-bond donors (Lipinski definition) is 1. The number of nitrogens with zero attached hydrogens (tertiary/aromatic N) is 1. The molecule has 1 N–H and O–H groups in total. The van der Waals surface area contributed by atoms with E-state index in [4.69, 9.17) is 13.9 Å². The molecular formula is C16H14N2O4. The Bertz CT molecular complexity index is 760. The van der Waals surface area contributed by atoms with Crippen LogP contribution in [0.1, 0.15) is 11.3 Å². The molecule has 6 heteroatoms. The van der Waals surface area contributed by atoms with Crippen LogP contribution < -0.4 is 14.8 Å². The molecule has 0 saturated carbocycles. The molecule has 22 heavy (non-hydrogen) atoms. The highest BCUT2D eigenvalue weighted by atomic mass is 16.5. The first-order chi connectivity index (χ1) is 10.7. The molecule has 0 unspecified atom stereocenters. The number of amidine groups is 1. The van der Waals surface area contributed by atoms with Gasteiger partial charge >= 0.3 is 0 Å². The van der Waals surface area contributed by atoms with Gasteiger partial charge in [-0.1, -0.05) is 0 Å². The molecule has 0 fully saturated rings. The van der Waals surface area contributed by atoms with Crippen molar-refractivity contribution in [2.24, 2.45) is 4.99 Å². The van der Waals surface area contributed by atoms with Crippen molar-refractivity contribution in [3.05, 3.63) is 53.6 Å². The van der Waals surface area contributed by atoms with Crippen molar-refractivity contribution in [3.63, 3.8) is 0 Å². The van der Waals surface area contributed by atoms with Gasteiger partial charge in [0.15, 0.2) is 11.6 Å². The third-order valence-corrected chi connectivity index (χ3v) is 3.18. The van der Waals surface area contributed by atoms with Crippen molar-refractivity contribution in [2.45, 2.75) is 0 Å². The molecule has 1 amide bonds. The number of carbonyl (C=O) groups is 1. The zero-order valence-electron chi connectivity index (χ0n) is 12.1. The first kappa shape index (κ1) is 13.9. The Morgan fingerprint density at radius 3 is 2.77 bits per heavy atom. The van der Waals surface area contributed by atoms with Gasteiger partial charge in [-0.05, 0) is 36.4 Å². The first-order valence-electron chi connectivity index (χ1n) is 6.59. The summed E-state index contributed by atoms with van der Waals surface area (Å²) in [6.45, 7) is 0. The molecule has 3 rings (SSSR count). The number of hydrogen-bond acceptors (Lipinski definition) is 5. The van der Waals surface area contributed by atoms with Crippen LogP contribution in [0.25, 0.3) is 6.08 Å². The average Bonchev–Trinajstić information content (AvgIpc) is 3.17. The summed E-state index contributed by atoms with van der Waals surface area (Å²) < 4.78 is 15.7. The monoisotopic (exact) mass is 298 g/mol. The number of furan rings is 1. The normalized spacial score (nSPS) is 15.6. The van der Waals surface area contributed by atoms with E-state index >= 15 is 0 Å². The Morgan fingerprint density at radius 2 is 2.09 bits per heavy atom. The average molecular weight is 298 g/mol. The van der Waals surface area contributed by atoms with Gasteiger partial charge in [0.25, 0.3) is 5.91 Å². The van der Waals surface area contributed by atoms with Gasteiger partial charge < -0.3 is 19.2 Å². The van der Waals surface area contributed by atoms with Gasteiger partial charge in [-0.2, -0.15) is 0 Å². The van der Waals surface area contributed by atoms with E-state index in [0.717, 1.165) is 0 Å². The highest BCUT2D eigenvalue weighted by molar-refractivity contribution is 6.19. The van der Waals surface area contributed by atoms with Crippen molar-refractivity contribution < 1.29 is 18.7 Å². The second kappa shape index (κ2) is 5.77. The zero-order chi connectivity index (χ0) is 15.5. The van der Waals surface area contributed by atoms with Gasteiger partial charge in [-0.25, -0.2) is 4.99 Å². The predicted octanol–water partition coefficient (Wildman–Crippen LogP) is 2.21. The Labute approximate surface area is 127 Å². The lowest BCUT2D eigenvalue weighted by molar-refractivity contribution is -0.115. The summed E-state index contributed by atoms with van der Waals surface area (Å²) in [5.74, 6) is 1.90. The summed E-state index contributed by atoms with van der Waals surface area (Å²) in [5, 5.41) is 2.67. The minimum Gasteiger partial charge on any atom is -0.497 e. The van der Waals surface area contributed by atoms with E-state index < -0.39 is 0 Å². The highest BCUT2D eigenvalue weighted by Crippen LogP contribution is 2.27. The maximum Gasteiger partial charge on any atom is 0.275 e. The fourth-order valence-electron chi connectivity index (χ4n) is 2.10. The van der Waals surface area contributed by atoms with Gasteiger partial charge in [0.1, 0.15) is 17.2 Å². The van der Waals surface area contributed by atoms with Gasteiger partial charge in [0, 0.05) is 5.56 Å². The van der Waals surface area contributed by atoms with Crippen molar-refractivity contribution in [2.75, 3.05) is 14.2 Å². The standard InChI is InChI=1S/C16H14N2O4/c1-20-11-5-6-13(21-2)10(8-11)9-12-16(19)18-15(17-12)14-4-3-7-22-14/h3-9H,1-2H3,(H,17,18,19)/b12-9-. The third kappa shape index (κ3) is 2.58. The molecule has 0 aliphatic carbocycles. The number of rotatable bonds is 4. The number of ether oxygens (including phenoxy) is 2. The number of aliphatic imine (C=N–C) groups is 1. The Kier molecular flexibility index (Phi) is 3.65. The van der Waals surface area contributed by atoms with Crippen molar-refractivity contribution in [3.8, 4) is 11.5 Å².